The van der Waals surface area contributed by atoms with Gasteiger partial charge in [-0.2, -0.15) is 0 Å². The highest BCUT2D eigenvalue weighted by Crippen LogP contribution is 2.14. The molecule has 5 heteroatoms. The van der Waals surface area contributed by atoms with Gasteiger partial charge in [0.15, 0.2) is 0 Å². The van der Waals surface area contributed by atoms with Gasteiger partial charge in [0, 0.05) is 31.1 Å². The van der Waals surface area contributed by atoms with Gasteiger partial charge in [-0.1, -0.05) is 48.5 Å². The fourth-order valence-corrected chi connectivity index (χ4v) is 3.13. The van der Waals surface area contributed by atoms with Crippen molar-refractivity contribution in [2.75, 3.05) is 19.6 Å². The second-order valence-electron chi connectivity index (χ2n) is 6.34. The molecule has 1 aliphatic heterocycles. The number of carbonyl (C=O) groups is 1. The molecule has 0 spiro atoms. The van der Waals surface area contributed by atoms with Crippen molar-refractivity contribution in [3.63, 3.8) is 0 Å². The van der Waals surface area contributed by atoms with Crippen molar-refractivity contribution in [2.45, 2.75) is 18.9 Å². The number of aryl methyl sites for hydroxylation is 2. The number of rotatable bonds is 6. The first kappa shape index (κ1) is 19.4. The molecular formula is C20H25ClN2O2. The van der Waals surface area contributed by atoms with E-state index in [-0.39, 0.29) is 30.3 Å². The fourth-order valence-electron chi connectivity index (χ4n) is 3.13. The monoisotopic (exact) mass is 360 g/mol. The SMILES string of the molecule is Cl.O=C(NCC1CNCC1O)c1ccccc1CCc1ccccc1. The third-order valence-electron chi connectivity index (χ3n) is 4.62. The van der Waals surface area contributed by atoms with E-state index in [1.807, 2.05) is 42.5 Å². The summed E-state index contributed by atoms with van der Waals surface area (Å²) >= 11 is 0. The molecule has 1 aliphatic rings. The van der Waals surface area contributed by atoms with Crippen LogP contribution in [0.5, 0.6) is 0 Å². The minimum absolute atomic E-state index is 0. The number of hydrogen-bond acceptors (Lipinski definition) is 3. The van der Waals surface area contributed by atoms with Crippen LogP contribution in [0.15, 0.2) is 54.6 Å². The Morgan fingerprint density at radius 2 is 1.76 bits per heavy atom. The highest BCUT2D eigenvalue weighted by atomic mass is 35.5. The van der Waals surface area contributed by atoms with E-state index in [9.17, 15) is 9.90 Å². The maximum absolute atomic E-state index is 12.5. The van der Waals surface area contributed by atoms with E-state index >= 15 is 0 Å². The smallest absolute Gasteiger partial charge is 0.251 e. The number of aliphatic hydroxyl groups is 1. The average molecular weight is 361 g/mol. The second kappa shape index (κ2) is 9.56. The Balaban J connectivity index is 0.00000225. The lowest BCUT2D eigenvalue weighted by molar-refractivity contribution is 0.0926. The summed E-state index contributed by atoms with van der Waals surface area (Å²) in [6, 6.07) is 18.1. The Labute approximate surface area is 155 Å². The number of nitrogens with one attached hydrogen (secondary N) is 2. The van der Waals surface area contributed by atoms with Crippen molar-refractivity contribution < 1.29 is 9.90 Å². The zero-order valence-electron chi connectivity index (χ0n) is 14.2. The van der Waals surface area contributed by atoms with Gasteiger partial charge in [-0.15, -0.1) is 12.4 Å². The highest BCUT2D eigenvalue weighted by molar-refractivity contribution is 5.95. The highest BCUT2D eigenvalue weighted by Gasteiger charge is 2.25. The van der Waals surface area contributed by atoms with Gasteiger partial charge in [0.25, 0.3) is 5.91 Å². The molecule has 4 nitrogen and oxygen atoms in total. The summed E-state index contributed by atoms with van der Waals surface area (Å²) in [5.74, 6) is 0.0307. The average Bonchev–Trinajstić information content (AvgIpc) is 3.04. The van der Waals surface area contributed by atoms with Crippen molar-refractivity contribution in [3.8, 4) is 0 Å². The Morgan fingerprint density at radius 1 is 1.04 bits per heavy atom. The van der Waals surface area contributed by atoms with Crippen LogP contribution in [0.3, 0.4) is 0 Å². The van der Waals surface area contributed by atoms with Crippen LogP contribution >= 0.6 is 12.4 Å². The first-order valence-electron chi connectivity index (χ1n) is 8.53. The molecule has 1 amide bonds. The first-order valence-corrected chi connectivity index (χ1v) is 8.53. The predicted molar refractivity (Wildman–Crippen MR) is 102 cm³/mol. The Morgan fingerprint density at radius 3 is 2.48 bits per heavy atom. The number of aliphatic hydroxyl groups excluding tert-OH is 1. The number of carbonyl (C=O) groups excluding carboxylic acids is 1. The van der Waals surface area contributed by atoms with Crippen LogP contribution in [-0.4, -0.2) is 36.8 Å². The zero-order valence-corrected chi connectivity index (χ0v) is 15.0. The van der Waals surface area contributed by atoms with E-state index in [1.54, 1.807) is 0 Å². The van der Waals surface area contributed by atoms with Gasteiger partial charge in [-0.3, -0.25) is 4.79 Å². The van der Waals surface area contributed by atoms with Gasteiger partial charge in [-0.05, 0) is 30.0 Å². The summed E-state index contributed by atoms with van der Waals surface area (Å²) in [4.78, 5) is 12.5. The van der Waals surface area contributed by atoms with Gasteiger partial charge >= 0.3 is 0 Å². The molecule has 0 saturated carbocycles. The van der Waals surface area contributed by atoms with Crippen LogP contribution in [0, 0.1) is 5.92 Å². The van der Waals surface area contributed by atoms with E-state index in [1.165, 1.54) is 5.56 Å². The van der Waals surface area contributed by atoms with Crippen molar-refractivity contribution in [3.05, 3.63) is 71.3 Å². The molecule has 0 aliphatic carbocycles. The third kappa shape index (κ3) is 5.30. The molecule has 2 aromatic carbocycles. The molecule has 0 aromatic heterocycles. The maximum atomic E-state index is 12.5. The Hall–Kier alpha value is -1.88. The van der Waals surface area contributed by atoms with Crippen LogP contribution in [0.2, 0.25) is 0 Å². The molecular weight excluding hydrogens is 336 g/mol. The number of amides is 1. The molecule has 3 rings (SSSR count). The minimum Gasteiger partial charge on any atom is -0.391 e. The normalized spacial score (nSPS) is 19.2. The summed E-state index contributed by atoms with van der Waals surface area (Å²) in [6.45, 7) is 1.85. The molecule has 3 N–H and O–H groups in total. The summed E-state index contributed by atoms with van der Waals surface area (Å²) < 4.78 is 0. The van der Waals surface area contributed by atoms with Crippen LogP contribution in [-0.2, 0) is 12.8 Å². The molecule has 0 radical (unpaired) electrons. The largest absolute Gasteiger partial charge is 0.391 e. The quantitative estimate of drug-likeness (QED) is 0.740. The number of β-amino-alcohol motifs (C(OH)–C–C–N with tert-alkyl or cyclic N) is 1. The van der Waals surface area contributed by atoms with E-state index in [2.05, 4.69) is 22.8 Å². The summed E-state index contributed by atoms with van der Waals surface area (Å²) in [5, 5.41) is 15.9. The zero-order chi connectivity index (χ0) is 16.8. The van der Waals surface area contributed by atoms with Gasteiger partial charge in [0.1, 0.15) is 0 Å². The van der Waals surface area contributed by atoms with E-state index in [4.69, 9.17) is 0 Å². The predicted octanol–water partition coefficient (Wildman–Crippen LogP) is 2.20. The minimum atomic E-state index is -0.376. The van der Waals surface area contributed by atoms with Gasteiger partial charge in [-0.25, -0.2) is 0 Å². The van der Waals surface area contributed by atoms with Gasteiger partial charge < -0.3 is 15.7 Å². The molecule has 2 atom stereocenters. The molecule has 0 bridgehead atoms. The standard InChI is InChI=1S/C20H24N2O2.ClH/c23-19-14-21-12-17(19)13-22-20(24)18-9-5-4-8-16(18)11-10-15-6-2-1-3-7-15;/h1-9,17,19,21,23H,10-14H2,(H,22,24);1H. The van der Waals surface area contributed by atoms with E-state index in [0.717, 1.165) is 30.5 Å². The third-order valence-corrected chi connectivity index (χ3v) is 4.62. The van der Waals surface area contributed by atoms with Crippen LogP contribution in [0.1, 0.15) is 21.5 Å². The lowest BCUT2D eigenvalue weighted by atomic mass is 9.99. The fraction of sp³-hybridized carbons (Fsp3) is 0.350. The molecule has 1 heterocycles. The van der Waals surface area contributed by atoms with Crippen molar-refractivity contribution in [1.29, 1.82) is 0 Å². The summed E-state index contributed by atoms with van der Waals surface area (Å²) in [5.41, 5.74) is 3.06. The summed E-state index contributed by atoms with van der Waals surface area (Å²) in [7, 11) is 0. The maximum Gasteiger partial charge on any atom is 0.251 e. The van der Waals surface area contributed by atoms with Gasteiger partial charge in [0.2, 0.25) is 0 Å². The lowest BCUT2D eigenvalue weighted by Gasteiger charge is -2.15. The molecule has 1 saturated heterocycles. The molecule has 134 valence electrons. The van der Waals surface area contributed by atoms with Gasteiger partial charge in [0.05, 0.1) is 6.10 Å². The van der Waals surface area contributed by atoms with Crippen LogP contribution in [0.25, 0.3) is 0 Å². The molecule has 2 unspecified atom stereocenters. The lowest BCUT2D eigenvalue weighted by Crippen LogP contribution is -2.34. The Bertz CT molecular complexity index is 678. The van der Waals surface area contributed by atoms with Crippen LogP contribution in [0.4, 0.5) is 0 Å². The van der Waals surface area contributed by atoms with Crippen molar-refractivity contribution in [1.82, 2.24) is 10.6 Å². The number of halogens is 1. The molecule has 1 fully saturated rings. The van der Waals surface area contributed by atoms with E-state index < -0.39 is 0 Å². The molecule has 2 aromatic rings. The van der Waals surface area contributed by atoms with E-state index in [0.29, 0.717) is 13.1 Å². The van der Waals surface area contributed by atoms with Crippen molar-refractivity contribution in [2.24, 2.45) is 5.92 Å². The van der Waals surface area contributed by atoms with Crippen molar-refractivity contribution >= 4 is 18.3 Å². The molecule has 25 heavy (non-hydrogen) atoms. The second-order valence-corrected chi connectivity index (χ2v) is 6.34. The first-order chi connectivity index (χ1) is 11.7. The number of hydrogen-bond donors (Lipinski definition) is 3. The Kier molecular flexibility index (Phi) is 7.44. The van der Waals surface area contributed by atoms with Crippen LogP contribution < -0.4 is 10.6 Å². The topological polar surface area (TPSA) is 61.4 Å². The number of benzene rings is 2. The summed E-state index contributed by atoms with van der Waals surface area (Å²) in [6.07, 6.45) is 1.37.